The van der Waals surface area contributed by atoms with Crippen molar-refractivity contribution in [2.75, 3.05) is 11.9 Å². The summed E-state index contributed by atoms with van der Waals surface area (Å²) >= 11 is 0. The van der Waals surface area contributed by atoms with Crippen molar-refractivity contribution >= 4 is 17.4 Å². The van der Waals surface area contributed by atoms with Gasteiger partial charge in [0.15, 0.2) is 5.65 Å². The lowest BCUT2D eigenvalue weighted by Crippen LogP contribution is -2.25. The summed E-state index contributed by atoms with van der Waals surface area (Å²) in [6.07, 6.45) is 5.48. The minimum absolute atomic E-state index is 0.154. The van der Waals surface area contributed by atoms with Gasteiger partial charge >= 0.3 is 0 Å². The topological polar surface area (TPSA) is 71.3 Å². The summed E-state index contributed by atoms with van der Waals surface area (Å²) in [6, 6.07) is 14.5. The minimum Gasteiger partial charge on any atom is -0.369 e. The van der Waals surface area contributed by atoms with Crippen molar-refractivity contribution in [3.05, 3.63) is 84.1 Å². The fraction of sp³-hybridized carbons (Fsp3) is 0.174. The number of hydrogen-bond acceptors (Lipinski definition) is 4. The Hall–Kier alpha value is -3.74. The van der Waals surface area contributed by atoms with Crippen molar-refractivity contribution < 1.29 is 9.18 Å². The second-order valence-electron chi connectivity index (χ2n) is 7.03. The number of hydrogen-bond donors (Lipinski definition) is 2. The van der Waals surface area contributed by atoms with Crippen LogP contribution in [0.1, 0.15) is 17.5 Å². The number of nitrogens with zero attached hydrogens (tertiary/aromatic N) is 3. The van der Waals surface area contributed by atoms with E-state index in [1.807, 2.05) is 35.7 Å². The number of aromatic nitrogens is 3. The average Bonchev–Trinajstić information content (AvgIpc) is 3.12. The number of aryl methyl sites for hydroxylation is 1. The normalized spacial score (nSPS) is 10.9. The number of amides is 1. The lowest BCUT2D eigenvalue weighted by atomic mass is 10.1. The summed E-state index contributed by atoms with van der Waals surface area (Å²) in [5.41, 5.74) is 4.13. The molecule has 4 aromatic rings. The Morgan fingerprint density at radius 1 is 1.17 bits per heavy atom. The Balaban J connectivity index is 1.45. The molecular formula is C23H22FN5O. The molecule has 0 fully saturated rings. The molecule has 0 aliphatic carbocycles. The van der Waals surface area contributed by atoms with Crippen LogP contribution in [-0.4, -0.2) is 26.8 Å². The molecule has 6 nitrogen and oxygen atoms in total. The van der Waals surface area contributed by atoms with Gasteiger partial charge in [0, 0.05) is 43.0 Å². The van der Waals surface area contributed by atoms with E-state index in [0.717, 1.165) is 28.3 Å². The van der Waals surface area contributed by atoms with Crippen LogP contribution in [-0.2, 0) is 11.3 Å². The summed E-state index contributed by atoms with van der Waals surface area (Å²) < 4.78 is 15.6. The van der Waals surface area contributed by atoms with Crippen LogP contribution in [0.2, 0.25) is 0 Å². The van der Waals surface area contributed by atoms with Gasteiger partial charge in [0.2, 0.25) is 5.91 Å². The zero-order chi connectivity index (χ0) is 20.9. The molecule has 0 bridgehead atoms. The summed E-state index contributed by atoms with van der Waals surface area (Å²) in [4.78, 5) is 21.1. The van der Waals surface area contributed by atoms with E-state index in [4.69, 9.17) is 4.98 Å². The van der Waals surface area contributed by atoms with E-state index < -0.39 is 0 Å². The molecule has 30 heavy (non-hydrogen) atoms. The third-order valence-corrected chi connectivity index (χ3v) is 4.80. The van der Waals surface area contributed by atoms with Crippen LogP contribution < -0.4 is 10.6 Å². The number of imidazole rings is 1. The third kappa shape index (κ3) is 4.30. The Bertz CT molecular complexity index is 1190. The largest absolute Gasteiger partial charge is 0.369 e. The van der Waals surface area contributed by atoms with Gasteiger partial charge in [0.1, 0.15) is 17.3 Å². The van der Waals surface area contributed by atoms with Crippen LogP contribution >= 0.6 is 0 Å². The lowest BCUT2D eigenvalue weighted by molar-refractivity contribution is -0.121. The van der Waals surface area contributed by atoms with Gasteiger partial charge in [-0.15, -0.1) is 0 Å². The van der Waals surface area contributed by atoms with E-state index >= 15 is 0 Å². The fourth-order valence-corrected chi connectivity index (χ4v) is 3.29. The van der Waals surface area contributed by atoms with Gasteiger partial charge in [-0.2, -0.15) is 0 Å². The lowest BCUT2D eigenvalue weighted by Gasteiger charge is -2.10. The summed E-state index contributed by atoms with van der Waals surface area (Å²) in [6.45, 7) is 2.62. The third-order valence-electron chi connectivity index (χ3n) is 4.80. The Morgan fingerprint density at radius 3 is 2.87 bits per heavy atom. The molecule has 2 aromatic heterocycles. The number of nitrogens with one attached hydrogen (secondary N) is 2. The molecule has 0 atom stereocenters. The summed E-state index contributed by atoms with van der Waals surface area (Å²) in [7, 11) is 0. The van der Waals surface area contributed by atoms with Crippen molar-refractivity contribution in [1.29, 1.82) is 0 Å². The number of carbonyl (C=O) groups is 1. The van der Waals surface area contributed by atoms with Gasteiger partial charge in [-0.3, -0.25) is 14.2 Å². The van der Waals surface area contributed by atoms with Gasteiger partial charge in [-0.25, -0.2) is 9.37 Å². The highest BCUT2D eigenvalue weighted by atomic mass is 19.1. The molecule has 0 radical (unpaired) electrons. The van der Waals surface area contributed by atoms with Crippen molar-refractivity contribution in [1.82, 2.24) is 19.7 Å². The van der Waals surface area contributed by atoms with E-state index in [1.165, 1.54) is 6.07 Å². The van der Waals surface area contributed by atoms with Gasteiger partial charge in [0.05, 0.1) is 6.20 Å². The maximum absolute atomic E-state index is 13.7. The molecule has 2 heterocycles. The first-order chi connectivity index (χ1) is 14.6. The van der Waals surface area contributed by atoms with Crippen molar-refractivity contribution in [2.24, 2.45) is 0 Å². The number of halogens is 1. The molecule has 0 spiro atoms. The summed E-state index contributed by atoms with van der Waals surface area (Å²) in [5.74, 6) is 0.330. The van der Waals surface area contributed by atoms with Crippen LogP contribution in [0.25, 0.3) is 16.9 Å². The molecule has 2 N–H and O–H groups in total. The van der Waals surface area contributed by atoms with Gasteiger partial charge in [-0.1, -0.05) is 42.0 Å². The van der Waals surface area contributed by atoms with Gasteiger partial charge in [0.25, 0.3) is 0 Å². The zero-order valence-electron chi connectivity index (χ0n) is 16.6. The first-order valence-electron chi connectivity index (χ1n) is 9.75. The predicted molar refractivity (Wildman–Crippen MR) is 115 cm³/mol. The first kappa shape index (κ1) is 19.6. The van der Waals surface area contributed by atoms with E-state index in [0.29, 0.717) is 12.1 Å². The monoisotopic (exact) mass is 403 g/mol. The van der Waals surface area contributed by atoms with E-state index in [1.54, 1.807) is 30.6 Å². The highest BCUT2D eigenvalue weighted by Gasteiger charge is 2.14. The van der Waals surface area contributed by atoms with Gasteiger partial charge < -0.3 is 10.6 Å². The number of carbonyl (C=O) groups excluding carboxylic acids is 1. The van der Waals surface area contributed by atoms with Crippen molar-refractivity contribution in [3.63, 3.8) is 0 Å². The van der Waals surface area contributed by atoms with Crippen molar-refractivity contribution in [3.8, 4) is 11.3 Å². The SMILES string of the molecule is Cc1cccc(-c2nc3cnccn3c2NCCC(=O)NCc2ccccc2F)c1. The molecule has 1 amide bonds. The Kier molecular flexibility index (Phi) is 5.70. The summed E-state index contributed by atoms with van der Waals surface area (Å²) in [5, 5.41) is 6.09. The Morgan fingerprint density at radius 2 is 2.03 bits per heavy atom. The average molecular weight is 403 g/mol. The second-order valence-corrected chi connectivity index (χ2v) is 7.03. The van der Waals surface area contributed by atoms with E-state index in [9.17, 15) is 9.18 Å². The predicted octanol–water partition coefficient (Wildman–Crippen LogP) is 3.96. The molecule has 0 unspecified atom stereocenters. The number of anilines is 1. The van der Waals surface area contributed by atoms with E-state index in [2.05, 4.69) is 21.7 Å². The minimum atomic E-state index is -0.321. The molecule has 7 heteroatoms. The molecule has 0 aliphatic rings. The van der Waals surface area contributed by atoms with Crippen molar-refractivity contribution in [2.45, 2.75) is 19.9 Å². The zero-order valence-corrected chi connectivity index (χ0v) is 16.6. The highest BCUT2D eigenvalue weighted by Crippen LogP contribution is 2.29. The molecule has 152 valence electrons. The number of fused-ring (bicyclic) bond motifs is 1. The van der Waals surface area contributed by atoms with E-state index in [-0.39, 0.29) is 24.7 Å². The van der Waals surface area contributed by atoms with Crippen LogP contribution in [0.4, 0.5) is 10.2 Å². The quantitative estimate of drug-likeness (QED) is 0.490. The van der Waals surface area contributed by atoms with Crippen LogP contribution in [0.3, 0.4) is 0 Å². The fourth-order valence-electron chi connectivity index (χ4n) is 3.29. The smallest absolute Gasteiger partial charge is 0.222 e. The van der Waals surface area contributed by atoms with Gasteiger partial charge in [-0.05, 0) is 19.1 Å². The molecular weight excluding hydrogens is 381 g/mol. The standard InChI is InChI=1S/C23H22FN5O/c1-16-5-4-7-17(13-16)22-23(29-12-11-25-15-20(29)28-22)26-10-9-21(30)27-14-18-6-2-3-8-19(18)24/h2-8,11-13,15,26H,9-10,14H2,1H3,(H,27,30). The highest BCUT2D eigenvalue weighted by molar-refractivity contribution is 5.78. The maximum atomic E-state index is 13.7. The molecule has 2 aromatic carbocycles. The number of benzene rings is 2. The Labute approximate surface area is 173 Å². The first-order valence-corrected chi connectivity index (χ1v) is 9.75. The maximum Gasteiger partial charge on any atom is 0.222 e. The molecule has 0 aliphatic heterocycles. The van der Waals surface area contributed by atoms with Crippen LogP contribution in [0.5, 0.6) is 0 Å². The number of rotatable bonds is 7. The molecule has 0 saturated heterocycles. The molecule has 0 saturated carbocycles. The molecule has 4 rings (SSSR count). The van der Waals surface area contributed by atoms with Crippen LogP contribution in [0, 0.1) is 12.7 Å². The second kappa shape index (κ2) is 8.73. The van der Waals surface area contributed by atoms with Crippen LogP contribution in [0.15, 0.2) is 67.1 Å².